The average Bonchev–Trinajstić information content (AvgIpc) is 2.46. The highest BCUT2D eigenvalue weighted by atomic mass is 16.4. The number of aromatic nitrogens is 2. The summed E-state index contributed by atoms with van der Waals surface area (Å²) >= 11 is 0. The average molecular weight is 212 g/mol. The Morgan fingerprint density at radius 2 is 1.93 bits per heavy atom. The minimum absolute atomic E-state index is 0.0309. The highest BCUT2D eigenvalue weighted by Crippen LogP contribution is 2.13. The molecule has 0 bridgehead atoms. The molecule has 0 fully saturated rings. The first-order valence-corrected chi connectivity index (χ1v) is 4.82. The van der Waals surface area contributed by atoms with Crippen molar-refractivity contribution in [2.24, 2.45) is 0 Å². The van der Waals surface area contributed by atoms with Gasteiger partial charge in [-0.1, -0.05) is 0 Å². The Balaban J connectivity index is 3.30. The van der Waals surface area contributed by atoms with Crippen LogP contribution in [0.5, 0.6) is 0 Å². The van der Waals surface area contributed by atoms with Gasteiger partial charge in [0.15, 0.2) is 0 Å². The van der Waals surface area contributed by atoms with Crippen molar-refractivity contribution < 1.29 is 9.90 Å². The van der Waals surface area contributed by atoms with Gasteiger partial charge in [0.05, 0.1) is 0 Å². The molecule has 0 aromatic carbocycles. The Labute approximate surface area is 88.0 Å². The molecule has 0 spiro atoms. The standard InChI is InChI=1S/C10H16N2O3/c1-7(2)11-5-6-12(9(11)15)10(3,4)8(13)14/h5-7H,1-4H3,(H,13,14). The van der Waals surface area contributed by atoms with E-state index in [2.05, 4.69) is 0 Å². The molecular weight excluding hydrogens is 196 g/mol. The molecule has 5 nitrogen and oxygen atoms in total. The van der Waals surface area contributed by atoms with Gasteiger partial charge in [-0.05, 0) is 27.7 Å². The summed E-state index contributed by atoms with van der Waals surface area (Å²) in [5.41, 5.74) is -1.51. The number of rotatable bonds is 3. The van der Waals surface area contributed by atoms with Gasteiger partial charge in [-0.3, -0.25) is 9.13 Å². The number of imidazole rings is 1. The quantitative estimate of drug-likeness (QED) is 0.814. The molecule has 0 radical (unpaired) electrons. The number of aliphatic carboxylic acids is 1. The van der Waals surface area contributed by atoms with E-state index in [0.29, 0.717) is 0 Å². The van der Waals surface area contributed by atoms with Crippen molar-refractivity contribution in [3.63, 3.8) is 0 Å². The van der Waals surface area contributed by atoms with Gasteiger partial charge >= 0.3 is 11.7 Å². The molecule has 84 valence electrons. The molecule has 1 aromatic heterocycles. The van der Waals surface area contributed by atoms with Crippen molar-refractivity contribution in [1.29, 1.82) is 0 Å². The molecule has 0 saturated heterocycles. The van der Waals surface area contributed by atoms with Crippen LogP contribution in [0.2, 0.25) is 0 Å². The molecule has 0 amide bonds. The van der Waals surface area contributed by atoms with Crippen LogP contribution in [-0.2, 0) is 10.3 Å². The summed E-state index contributed by atoms with van der Waals surface area (Å²) in [5, 5.41) is 9.00. The fraction of sp³-hybridized carbons (Fsp3) is 0.600. The maximum atomic E-state index is 11.8. The van der Waals surface area contributed by atoms with Crippen molar-refractivity contribution in [3.8, 4) is 0 Å². The minimum Gasteiger partial charge on any atom is -0.480 e. The van der Waals surface area contributed by atoms with Crippen molar-refractivity contribution in [2.75, 3.05) is 0 Å². The fourth-order valence-corrected chi connectivity index (χ4v) is 1.31. The Hall–Kier alpha value is -1.52. The van der Waals surface area contributed by atoms with Crippen molar-refractivity contribution >= 4 is 5.97 Å². The lowest BCUT2D eigenvalue weighted by atomic mass is 10.1. The van der Waals surface area contributed by atoms with Crippen LogP contribution in [0.25, 0.3) is 0 Å². The van der Waals surface area contributed by atoms with E-state index in [0.717, 1.165) is 0 Å². The third-order valence-electron chi connectivity index (χ3n) is 2.49. The normalized spacial score (nSPS) is 12.1. The second kappa shape index (κ2) is 3.56. The first-order chi connectivity index (χ1) is 6.78. The van der Waals surface area contributed by atoms with E-state index in [9.17, 15) is 9.59 Å². The monoisotopic (exact) mass is 212 g/mol. The molecule has 0 saturated carbocycles. The topological polar surface area (TPSA) is 64.2 Å². The Morgan fingerprint density at radius 3 is 2.27 bits per heavy atom. The van der Waals surface area contributed by atoms with Gasteiger partial charge in [0, 0.05) is 18.4 Å². The smallest absolute Gasteiger partial charge is 0.329 e. The molecule has 1 N–H and O–H groups in total. The van der Waals surface area contributed by atoms with Crippen LogP contribution in [-0.4, -0.2) is 20.2 Å². The maximum Gasteiger partial charge on any atom is 0.329 e. The highest BCUT2D eigenvalue weighted by Gasteiger charge is 2.31. The fourth-order valence-electron chi connectivity index (χ4n) is 1.31. The minimum atomic E-state index is -1.21. The van der Waals surface area contributed by atoms with Gasteiger partial charge in [0.25, 0.3) is 0 Å². The third kappa shape index (κ3) is 1.82. The van der Waals surface area contributed by atoms with E-state index in [-0.39, 0.29) is 11.7 Å². The maximum absolute atomic E-state index is 11.8. The van der Waals surface area contributed by atoms with E-state index < -0.39 is 11.5 Å². The van der Waals surface area contributed by atoms with Crippen LogP contribution in [0.3, 0.4) is 0 Å². The third-order valence-corrected chi connectivity index (χ3v) is 2.49. The number of nitrogens with zero attached hydrogens (tertiary/aromatic N) is 2. The van der Waals surface area contributed by atoms with Crippen molar-refractivity contribution in [3.05, 3.63) is 22.9 Å². The highest BCUT2D eigenvalue weighted by molar-refractivity contribution is 5.75. The van der Waals surface area contributed by atoms with Gasteiger partial charge in [0.2, 0.25) is 0 Å². The van der Waals surface area contributed by atoms with E-state index >= 15 is 0 Å². The molecule has 0 aliphatic rings. The zero-order valence-electron chi connectivity index (χ0n) is 9.39. The number of carboxylic acid groups (broad SMARTS) is 1. The first-order valence-electron chi connectivity index (χ1n) is 4.82. The predicted molar refractivity (Wildman–Crippen MR) is 56.0 cm³/mol. The summed E-state index contributed by atoms with van der Waals surface area (Å²) in [6, 6.07) is 0.0309. The molecule has 0 aliphatic carbocycles. The number of carboxylic acids is 1. The van der Waals surface area contributed by atoms with E-state index in [1.165, 1.54) is 29.2 Å². The van der Waals surface area contributed by atoms with Gasteiger partial charge in [0.1, 0.15) is 5.54 Å². The van der Waals surface area contributed by atoms with E-state index in [4.69, 9.17) is 5.11 Å². The Bertz CT molecular complexity index is 426. The van der Waals surface area contributed by atoms with Crippen LogP contribution in [0.1, 0.15) is 33.7 Å². The molecular formula is C10H16N2O3. The van der Waals surface area contributed by atoms with Crippen LogP contribution >= 0.6 is 0 Å². The Morgan fingerprint density at radius 1 is 1.40 bits per heavy atom. The zero-order chi connectivity index (χ0) is 11.8. The zero-order valence-corrected chi connectivity index (χ0v) is 9.39. The summed E-state index contributed by atoms with van der Waals surface area (Å²) in [7, 11) is 0. The van der Waals surface area contributed by atoms with E-state index in [1.54, 1.807) is 6.20 Å². The lowest BCUT2D eigenvalue weighted by Gasteiger charge is -2.20. The van der Waals surface area contributed by atoms with Crippen molar-refractivity contribution in [2.45, 2.75) is 39.3 Å². The summed E-state index contributed by atoms with van der Waals surface area (Å²) in [4.78, 5) is 22.8. The van der Waals surface area contributed by atoms with Crippen molar-refractivity contribution in [1.82, 2.24) is 9.13 Å². The Kier molecular flexibility index (Phi) is 2.75. The van der Waals surface area contributed by atoms with Crippen LogP contribution in [0, 0.1) is 0 Å². The number of hydrogen-bond donors (Lipinski definition) is 1. The molecule has 1 heterocycles. The van der Waals surface area contributed by atoms with Gasteiger partial charge in [-0.25, -0.2) is 9.59 Å². The van der Waals surface area contributed by atoms with Gasteiger partial charge in [-0.2, -0.15) is 0 Å². The lowest BCUT2D eigenvalue weighted by Crippen LogP contribution is -2.42. The SMILES string of the molecule is CC(C)n1ccn(C(C)(C)C(=O)O)c1=O. The van der Waals surface area contributed by atoms with E-state index in [1.807, 2.05) is 13.8 Å². The van der Waals surface area contributed by atoms with Gasteiger partial charge in [-0.15, -0.1) is 0 Å². The summed E-state index contributed by atoms with van der Waals surface area (Å²) in [6.07, 6.45) is 3.12. The number of hydrogen-bond acceptors (Lipinski definition) is 2. The molecule has 1 rings (SSSR count). The molecule has 15 heavy (non-hydrogen) atoms. The molecule has 5 heteroatoms. The predicted octanol–water partition coefficient (Wildman–Crippen LogP) is 1.05. The lowest BCUT2D eigenvalue weighted by molar-refractivity contribution is -0.145. The van der Waals surface area contributed by atoms with Crippen LogP contribution < -0.4 is 5.69 Å². The summed E-state index contributed by atoms with van der Waals surface area (Å²) in [5.74, 6) is -1.02. The van der Waals surface area contributed by atoms with Gasteiger partial charge < -0.3 is 5.11 Å². The summed E-state index contributed by atoms with van der Waals surface area (Å²) < 4.78 is 2.74. The second-order valence-electron chi connectivity index (χ2n) is 4.32. The molecule has 0 atom stereocenters. The second-order valence-corrected chi connectivity index (χ2v) is 4.32. The van der Waals surface area contributed by atoms with Crippen LogP contribution in [0.15, 0.2) is 17.2 Å². The molecule has 0 aliphatic heterocycles. The van der Waals surface area contributed by atoms with Crippen LogP contribution in [0.4, 0.5) is 0 Å². The largest absolute Gasteiger partial charge is 0.480 e. The molecule has 0 unspecified atom stereocenters. The first kappa shape index (κ1) is 11.6. The number of carbonyl (C=O) groups is 1. The molecule has 1 aromatic rings. The summed E-state index contributed by atoms with van der Waals surface area (Å²) in [6.45, 7) is 6.75.